The molecule has 0 spiro atoms. The van der Waals surface area contributed by atoms with Crippen molar-refractivity contribution in [2.24, 2.45) is 17.8 Å². The second-order valence-corrected chi connectivity index (χ2v) is 17.8. The number of fused-ring (bicyclic) bond motifs is 1. The summed E-state index contributed by atoms with van der Waals surface area (Å²) in [5, 5.41) is 15.7. The average molecular weight is 896 g/mol. The molecule has 2 N–H and O–H groups in total. The van der Waals surface area contributed by atoms with Crippen molar-refractivity contribution in [3.8, 4) is 0 Å². The lowest BCUT2D eigenvalue weighted by Crippen LogP contribution is -2.69. The van der Waals surface area contributed by atoms with E-state index in [1.165, 1.54) is 6.92 Å². The second-order valence-electron chi connectivity index (χ2n) is 17.8. The molecule has 4 aliphatic rings. The summed E-state index contributed by atoms with van der Waals surface area (Å²) in [6.07, 6.45) is -9.40. The molecule has 4 fully saturated rings. The Balaban J connectivity index is 1.13. The molecule has 350 valence electrons. The highest BCUT2D eigenvalue weighted by Crippen LogP contribution is 2.42. The summed E-state index contributed by atoms with van der Waals surface area (Å²) < 4.78 is 66.8. The molecule has 0 aliphatic carbocycles. The lowest BCUT2D eigenvalue weighted by molar-refractivity contribution is -0.400. The summed E-state index contributed by atoms with van der Waals surface area (Å²) in [5.74, 6) is 0.290. The first kappa shape index (κ1) is 47.4. The number of nitrogens with one attached hydrogen (secondary N) is 1. The largest absolute Gasteiger partial charge is 0.385 e. The highest BCUT2D eigenvalue weighted by Gasteiger charge is 2.56. The van der Waals surface area contributed by atoms with E-state index in [-0.39, 0.29) is 50.3 Å². The van der Waals surface area contributed by atoms with E-state index in [4.69, 9.17) is 47.4 Å². The number of ether oxygens (including phenoxy) is 10. The zero-order chi connectivity index (χ0) is 45.3. The molecular formula is C52H65NO12. The fourth-order valence-corrected chi connectivity index (χ4v) is 9.35. The predicted octanol–water partition coefficient (Wildman–Crippen LogP) is 7.25. The van der Waals surface area contributed by atoms with Crippen LogP contribution in [0.4, 0.5) is 0 Å². The van der Waals surface area contributed by atoms with E-state index >= 15 is 0 Å². The third kappa shape index (κ3) is 11.7. The molecule has 65 heavy (non-hydrogen) atoms. The standard InChI is InChI=1S/C52H65NO12/c1-6-40-33(3)32(2)34(4)49(60-40)65-48-44(55)52(62-42-31-59-50(63-46(42)48)39-25-17-10-18-26-39)64-45-41(30-56-27-36-19-11-7-12-20-36)61-51(58-29-38-23-15-9-16-24-38)43(53-35(5)54)47(45)57-28-37-21-13-8-14-22-37/h7-26,32-34,40-52,55H,6,27-31H2,1-5H3,(H,53,54)/t32-,33+,34?,40?,41?,42?,43?,44-,45-,46+,47+,48?,49-,50?,51+,52+/m0/s1. The molecule has 8 rings (SSSR count). The summed E-state index contributed by atoms with van der Waals surface area (Å²) in [6, 6.07) is 38.1. The number of aliphatic hydroxyl groups is 1. The Morgan fingerprint density at radius 3 is 1.82 bits per heavy atom. The van der Waals surface area contributed by atoms with Gasteiger partial charge in [0.15, 0.2) is 25.2 Å². The molecule has 4 aromatic rings. The van der Waals surface area contributed by atoms with E-state index in [2.05, 4.69) is 33.0 Å². The maximum absolute atomic E-state index is 13.1. The number of carbonyl (C=O) groups excluding carboxylic acids is 1. The summed E-state index contributed by atoms with van der Waals surface area (Å²) in [7, 11) is 0. The van der Waals surface area contributed by atoms with Gasteiger partial charge in [0.25, 0.3) is 0 Å². The van der Waals surface area contributed by atoms with Crippen molar-refractivity contribution in [1.82, 2.24) is 5.32 Å². The van der Waals surface area contributed by atoms with Gasteiger partial charge in [-0.25, -0.2) is 0 Å². The summed E-state index contributed by atoms with van der Waals surface area (Å²) in [6.45, 7) is 11.0. The van der Waals surface area contributed by atoms with Crippen LogP contribution >= 0.6 is 0 Å². The van der Waals surface area contributed by atoms with Crippen molar-refractivity contribution >= 4 is 5.91 Å². The Morgan fingerprint density at radius 1 is 0.631 bits per heavy atom. The van der Waals surface area contributed by atoms with Crippen LogP contribution in [-0.4, -0.2) is 98.0 Å². The SMILES string of the molecule is CCC1O[C@@H](OC2[C@@H]3OC(c4ccccc4)OCC3O[C@H](O[C@H]3C(COCc4ccccc4)O[C@@H](OCc4ccccc4)C(NC(C)=O)[C@H]3OCc3ccccc3)[C@H]2O)C(C)[C@@H](C)[C@H]1C. The van der Waals surface area contributed by atoms with Gasteiger partial charge in [-0.05, 0) is 34.9 Å². The van der Waals surface area contributed by atoms with Gasteiger partial charge >= 0.3 is 0 Å². The van der Waals surface area contributed by atoms with Gasteiger partial charge in [-0.1, -0.05) is 149 Å². The molecule has 0 bridgehead atoms. The topological polar surface area (TPSA) is 142 Å². The molecule has 7 unspecified atom stereocenters. The van der Waals surface area contributed by atoms with Gasteiger partial charge in [0.1, 0.15) is 48.8 Å². The van der Waals surface area contributed by atoms with Gasteiger partial charge < -0.3 is 57.8 Å². The third-order valence-corrected chi connectivity index (χ3v) is 13.3. The van der Waals surface area contributed by atoms with E-state index in [0.29, 0.717) is 12.5 Å². The summed E-state index contributed by atoms with van der Waals surface area (Å²) >= 11 is 0. The van der Waals surface area contributed by atoms with Gasteiger partial charge in [-0.3, -0.25) is 4.79 Å². The van der Waals surface area contributed by atoms with Gasteiger partial charge in [0, 0.05) is 18.4 Å². The number of benzene rings is 4. The first-order valence-corrected chi connectivity index (χ1v) is 23.1. The molecule has 1 amide bonds. The number of amides is 1. The molecule has 13 heteroatoms. The highest BCUT2D eigenvalue weighted by molar-refractivity contribution is 5.73. The van der Waals surface area contributed by atoms with Crippen LogP contribution in [0.2, 0.25) is 0 Å². The van der Waals surface area contributed by atoms with Crippen molar-refractivity contribution in [3.63, 3.8) is 0 Å². The lowest BCUT2D eigenvalue weighted by Gasteiger charge is -2.52. The van der Waals surface area contributed by atoms with Crippen LogP contribution < -0.4 is 5.32 Å². The fourth-order valence-electron chi connectivity index (χ4n) is 9.35. The first-order valence-electron chi connectivity index (χ1n) is 23.1. The van der Waals surface area contributed by atoms with Crippen LogP contribution in [0.1, 0.15) is 69.6 Å². The second kappa shape index (κ2) is 22.6. The van der Waals surface area contributed by atoms with Gasteiger partial charge in [0.2, 0.25) is 5.91 Å². The van der Waals surface area contributed by atoms with Crippen LogP contribution in [-0.2, 0) is 72.0 Å². The molecule has 16 atom stereocenters. The van der Waals surface area contributed by atoms with E-state index in [9.17, 15) is 9.90 Å². The summed E-state index contributed by atoms with van der Waals surface area (Å²) in [4.78, 5) is 13.1. The zero-order valence-corrected chi connectivity index (χ0v) is 38.0. The Bertz CT molecular complexity index is 2030. The maximum atomic E-state index is 13.1. The molecule has 13 nitrogen and oxygen atoms in total. The normalized spacial score (nSPS) is 34.9. The minimum Gasteiger partial charge on any atom is -0.385 e. The van der Waals surface area contributed by atoms with Crippen molar-refractivity contribution in [1.29, 1.82) is 0 Å². The Hall–Kier alpha value is -4.09. The number of rotatable bonds is 17. The van der Waals surface area contributed by atoms with Gasteiger partial charge in [-0.2, -0.15) is 0 Å². The summed E-state index contributed by atoms with van der Waals surface area (Å²) in [5.41, 5.74) is 3.63. The molecule has 4 aliphatic heterocycles. The monoisotopic (exact) mass is 895 g/mol. The van der Waals surface area contributed by atoms with Crippen molar-refractivity contribution in [3.05, 3.63) is 144 Å². The number of carbonyl (C=O) groups is 1. The van der Waals surface area contributed by atoms with E-state index in [0.717, 1.165) is 28.7 Å². The Kier molecular flexibility index (Phi) is 16.5. The van der Waals surface area contributed by atoms with Gasteiger partial charge in [0.05, 0.1) is 39.1 Å². The minimum absolute atomic E-state index is 0.00492. The predicted molar refractivity (Wildman–Crippen MR) is 239 cm³/mol. The molecule has 0 aromatic heterocycles. The molecular weight excluding hydrogens is 831 g/mol. The number of hydrogen-bond donors (Lipinski definition) is 2. The van der Waals surface area contributed by atoms with Crippen LogP contribution in [0.3, 0.4) is 0 Å². The number of hydrogen-bond acceptors (Lipinski definition) is 12. The van der Waals surface area contributed by atoms with E-state index in [1.807, 2.05) is 121 Å². The maximum Gasteiger partial charge on any atom is 0.217 e. The van der Waals surface area contributed by atoms with Crippen LogP contribution in [0.25, 0.3) is 0 Å². The van der Waals surface area contributed by atoms with Crippen LogP contribution in [0.5, 0.6) is 0 Å². The van der Waals surface area contributed by atoms with Gasteiger partial charge in [-0.15, -0.1) is 0 Å². The quantitative estimate of drug-likeness (QED) is 0.110. The average Bonchev–Trinajstić information content (AvgIpc) is 3.33. The molecule has 4 aromatic carbocycles. The number of aliphatic hydroxyl groups excluding tert-OH is 1. The Labute approximate surface area is 382 Å². The molecule has 4 heterocycles. The van der Waals surface area contributed by atoms with Crippen LogP contribution in [0.15, 0.2) is 121 Å². The third-order valence-electron chi connectivity index (χ3n) is 13.3. The Morgan fingerprint density at radius 2 is 1.20 bits per heavy atom. The zero-order valence-electron chi connectivity index (χ0n) is 38.0. The van der Waals surface area contributed by atoms with Crippen molar-refractivity contribution in [2.45, 2.75) is 141 Å². The highest BCUT2D eigenvalue weighted by atomic mass is 16.8. The lowest BCUT2D eigenvalue weighted by atomic mass is 9.78. The van der Waals surface area contributed by atoms with E-state index in [1.54, 1.807) is 0 Å². The first-order chi connectivity index (χ1) is 31.7. The van der Waals surface area contributed by atoms with Crippen molar-refractivity contribution in [2.75, 3.05) is 13.2 Å². The minimum atomic E-state index is -1.39. The molecule has 4 saturated heterocycles. The van der Waals surface area contributed by atoms with Crippen LogP contribution in [0, 0.1) is 17.8 Å². The fraction of sp³-hybridized carbons (Fsp3) is 0.519. The molecule has 0 radical (unpaired) electrons. The van der Waals surface area contributed by atoms with E-state index < -0.39 is 73.9 Å². The smallest absolute Gasteiger partial charge is 0.217 e. The molecule has 0 saturated carbocycles. The van der Waals surface area contributed by atoms with Crippen molar-refractivity contribution < 1.29 is 57.3 Å².